The van der Waals surface area contributed by atoms with Crippen molar-refractivity contribution in [3.63, 3.8) is 0 Å². The molecule has 0 spiro atoms. The van der Waals surface area contributed by atoms with E-state index >= 15 is 0 Å². The molecule has 1 fully saturated rings. The average molecular weight is 217 g/mol. The van der Waals surface area contributed by atoms with Crippen LogP contribution in [-0.4, -0.2) is 37.5 Å². The van der Waals surface area contributed by atoms with Gasteiger partial charge in [0.25, 0.3) is 0 Å². The molecule has 3 atom stereocenters. The molecule has 1 saturated carbocycles. The van der Waals surface area contributed by atoms with Crippen LogP contribution in [0.2, 0.25) is 0 Å². The molecule has 1 aliphatic carbocycles. The highest BCUT2D eigenvalue weighted by Gasteiger charge is 2.29. The van der Waals surface area contributed by atoms with Crippen LogP contribution >= 0.6 is 0 Å². The van der Waals surface area contributed by atoms with Gasteiger partial charge in [-0.3, -0.25) is 0 Å². The number of nitrogens with one attached hydrogen (secondary N) is 1. The van der Waals surface area contributed by atoms with E-state index in [-0.39, 0.29) is 23.9 Å². The first kappa shape index (κ1) is 10.1. The first-order valence-electron chi connectivity index (χ1n) is 4.92. The standard InChI is InChI=1S/C9H15NO3S/c11-9-3-1-2-8(9)10-7-4-5-14(12,13)6-7/h4-5,7-11H,1-3,6H2/t7?,8-,9-/m1/s1. The molecular weight excluding hydrogens is 202 g/mol. The molecule has 0 amide bonds. The summed E-state index contributed by atoms with van der Waals surface area (Å²) in [5, 5.41) is 14.0. The minimum absolute atomic E-state index is 0.0675. The molecule has 0 saturated heterocycles. The number of hydrogen-bond donors (Lipinski definition) is 2. The highest BCUT2D eigenvalue weighted by molar-refractivity contribution is 7.94. The SMILES string of the molecule is O=S1(=O)C=CC(N[C@@H]2CCC[C@H]2O)C1. The molecule has 0 aromatic rings. The Balaban J connectivity index is 1.91. The number of aliphatic hydroxyl groups is 1. The Kier molecular flexibility index (Phi) is 2.64. The summed E-state index contributed by atoms with van der Waals surface area (Å²) < 4.78 is 22.2. The van der Waals surface area contributed by atoms with Crippen LogP contribution in [0.4, 0.5) is 0 Å². The van der Waals surface area contributed by atoms with Crippen LogP contribution in [0.5, 0.6) is 0 Å². The molecule has 4 nitrogen and oxygen atoms in total. The summed E-state index contributed by atoms with van der Waals surface area (Å²) in [5.74, 6) is 0.135. The van der Waals surface area contributed by atoms with Crippen molar-refractivity contribution in [2.75, 3.05) is 5.75 Å². The smallest absolute Gasteiger partial charge is 0.173 e. The number of aliphatic hydroxyl groups excluding tert-OH is 1. The Morgan fingerprint density at radius 2 is 2.14 bits per heavy atom. The van der Waals surface area contributed by atoms with Crippen LogP contribution in [0.1, 0.15) is 19.3 Å². The van der Waals surface area contributed by atoms with Gasteiger partial charge in [0, 0.05) is 17.5 Å². The van der Waals surface area contributed by atoms with E-state index in [0.29, 0.717) is 0 Å². The molecule has 5 heteroatoms. The quantitative estimate of drug-likeness (QED) is 0.672. The third-order valence-electron chi connectivity index (χ3n) is 2.84. The Bertz CT molecular complexity index is 336. The predicted molar refractivity (Wildman–Crippen MR) is 53.5 cm³/mol. The highest BCUT2D eigenvalue weighted by Crippen LogP contribution is 2.20. The second kappa shape index (κ2) is 3.64. The van der Waals surface area contributed by atoms with Crippen LogP contribution < -0.4 is 5.32 Å². The monoisotopic (exact) mass is 217 g/mol. The fraction of sp³-hybridized carbons (Fsp3) is 0.778. The van der Waals surface area contributed by atoms with Crippen molar-refractivity contribution in [1.29, 1.82) is 0 Å². The normalized spacial score (nSPS) is 40.5. The van der Waals surface area contributed by atoms with E-state index in [2.05, 4.69) is 5.32 Å². The molecule has 0 bridgehead atoms. The Morgan fingerprint density at radius 1 is 1.36 bits per heavy atom. The van der Waals surface area contributed by atoms with Gasteiger partial charge in [-0.1, -0.05) is 6.08 Å². The van der Waals surface area contributed by atoms with Crippen molar-refractivity contribution in [2.45, 2.75) is 37.5 Å². The molecule has 2 aliphatic rings. The zero-order chi connectivity index (χ0) is 10.2. The van der Waals surface area contributed by atoms with Gasteiger partial charge in [0.15, 0.2) is 9.84 Å². The number of sulfone groups is 1. The molecule has 2 N–H and O–H groups in total. The molecule has 0 aromatic carbocycles. The first-order valence-corrected chi connectivity index (χ1v) is 6.63. The molecule has 14 heavy (non-hydrogen) atoms. The Hall–Kier alpha value is -0.390. The summed E-state index contributed by atoms with van der Waals surface area (Å²) in [6.45, 7) is 0. The van der Waals surface area contributed by atoms with Gasteiger partial charge in [-0.2, -0.15) is 0 Å². The van der Waals surface area contributed by atoms with Crippen LogP contribution in [0.15, 0.2) is 11.5 Å². The van der Waals surface area contributed by atoms with Gasteiger partial charge in [-0.05, 0) is 19.3 Å². The van der Waals surface area contributed by atoms with E-state index in [1.807, 2.05) is 0 Å². The number of rotatable bonds is 2. The second-order valence-corrected chi connectivity index (χ2v) is 5.97. The van der Waals surface area contributed by atoms with Gasteiger partial charge in [-0.25, -0.2) is 8.42 Å². The number of hydrogen-bond acceptors (Lipinski definition) is 4. The highest BCUT2D eigenvalue weighted by atomic mass is 32.2. The molecular formula is C9H15NO3S. The van der Waals surface area contributed by atoms with Crippen molar-refractivity contribution in [2.24, 2.45) is 0 Å². The van der Waals surface area contributed by atoms with E-state index in [4.69, 9.17) is 0 Å². The van der Waals surface area contributed by atoms with Crippen molar-refractivity contribution in [3.8, 4) is 0 Å². The summed E-state index contributed by atoms with van der Waals surface area (Å²) in [6.07, 6.45) is 4.13. The van der Waals surface area contributed by atoms with Crippen molar-refractivity contribution < 1.29 is 13.5 Å². The summed E-state index contributed by atoms with van der Waals surface area (Å²) in [4.78, 5) is 0. The van der Waals surface area contributed by atoms with E-state index in [0.717, 1.165) is 19.3 Å². The Labute approximate surface area is 83.9 Å². The molecule has 2 rings (SSSR count). The zero-order valence-electron chi connectivity index (χ0n) is 7.89. The molecule has 1 unspecified atom stereocenters. The molecule has 0 aromatic heterocycles. The maximum Gasteiger partial charge on any atom is 0.173 e. The van der Waals surface area contributed by atoms with Crippen molar-refractivity contribution >= 4 is 9.84 Å². The summed E-state index contributed by atoms with van der Waals surface area (Å²) in [7, 11) is -2.98. The van der Waals surface area contributed by atoms with Crippen LogP contribution in [-0.2, 0) is 9.84 Å². The molecule has 80 valence electrons. The van der Waals surface area contributed by atoms with E-state index in [9.17, 15) is 13.5 Å². The fourth-order valence-corrected chi connectivity index (χ4v) is 3.34. The second-order valence-electron chi connectivity index (χ2n) is 4.04. The van der Waals surface area contributed by atoms with Gasteiger partial charge >= 0.3 is 0 Å². The van der Waals surface area contributed by atoms with E-state index < -0.39 is 9.84 Å². The Morgan fingerprint density at radius 3 is 2.64 bits per heavy atom. The van der Waals surface area contributed by atoms with E-state index in [1.165, 1.54) is 5.41 Å². The topological polar surface area (TPSA) is 66.4 Å². The zero-order valence-corrected chi connectivity index (χ0v) is 8.70. The summed E-state index contributed by atoms with van der Waals surface area (Å²) in [5.41, 5.74) is 0. The van der Waals surface area contributed by atoms with Gasteiger partial charge < -0.3 is 10.4 Å². The van der Waals surface area contributed by atoms with Crippen LogP contribution in [0.3, 0.4) is 0 Å². The molecule has 0 radical (unpaired) electrons. The predicted octanol–water partition coefficient (Wildman–Crippen LogP) is -0.200. The van der Waals surface area contributed by atoms with Crippen LogP contribution in [0, 0.1) is 0 Å². The minimum Gasteiger partial charge on any atom is -0.392 e. The lowest BCUT2D eigenvalue weighted by Gasteiger charge is -2.19. The summed E-state index contributed by atoms with van der Waals surface area (Å²) in [6, 6.07) is -0.0456. The lowest BCUT2D eigenvalue weighted by molar-refractivity contribution is 0.147. The summed E-state index contributed by atoms with van der Waals surface area (Å²) >= 11 is 0. The van der Waals surface area contributed by atoms with Crippen LogP contribution in [0.25, 0.3) is 0 Å². The average Bonchev–Trinajstić information content (AvgIpc) is 2.61. The van der Waals surface area contributed by atoms with Crippen molar-refractivity contribution in [3.05, 3.63) is 11.5 Å². The van der Waals surface area contributed by atoms with Crippen molar-refractivity contribution in [1.82, 2.24) is 5.32 Å². The lowest BCUT2D eigenvalue weighted by atomic mass is 10.2. The molecule has 1 aliphatic heterocycles. The third kappa shape index (κ3) is 2.16. The first-order chi connectivity index (χ1) is 6.57. The largest absolute Gasteiger partial charge is 0.392 e. The lowest BCUT2D eigenvalue weighted by Crippen LogP contribution is -2.43. The van der Waals surface area contributed by atoms with Gasteiger partial charge in [0.1, 0.15) is 0 Å². The fourth-order valence-electron chi connectivity index (χ4n) is 2.09. The van der Waals surface area contributed by atoms with Gasteiger partial charge in [0.2, 0.25) is 0 Å². The minimum atomic E-state index is -2.98. The van der Waals surface area contributed by atoms with Gasteiger partial charge in [0.05, 0.1) is 11.9 Å². The third-order valence-corrected chi connectivity index (χ3v) is 4.23. The molecule has 1 heterocycles. The van der Waals surface area contributed by atoms with Gasteiger partial charge in [-0.15, -0.1) is 0 Å². The van der Waals surface area contributed by atoms with E-state index in [1.54, 1.807) is 6.08 Å². The maximum absolute atomic E-state index is 11.1. The maximum atomic E-state index is 11.1.